The van der Waals surface area contributed by atoms with Crippen molar-refractivity contribution in [2.45, 2.75) is 32.9 Å². The molecule has 0 aliphatic carbocycles. The predicted molar refractivity (Wildman–Crippen MR) is 134 cm³/mol. The molecule has 0 fully saturated rings. The van der Waals surface area contributed by atoms with Gasteiger partial charge in [-0.2, -0.15) is 0 Å². The highest BCUT2D eigenvalue weighted by molar-refractivity contribution is 7.12. The van der Waals surface area contributed by atoms with Crippen molar-refractivity contribution in [1.29, 1.82) is 0 Å². The summed E-state index contributed by atoms with van der Waals surface area (Å²) in [6.45, 7) is 4.57. The van der Waals surface area contributed by atoms with Gasteiger partial charge in [0.05, 0.1) is 15.5 Å². The Bertz CT molecular complexity index is 1080. The molecule has 0 radical (unpaired) electrons. The van der Waals surface area contributed by atoms with E-state index in [1.807, 2.05) is 59.6 Å². The number of carbonyl (C=O) groups excluding carboxylic acids is 2. The van der Waals surface area contributed by atoms with Crippen molar-refractivity contribution >= 4 is 46.1 Å². The van der Waals surface area contributed by atoms with E-state index < -0.39 is 0 Å². The fraction of sp³-hybridized carbons (Fsp3) is 0.280. The molecular formula is C25H28ClN3O2S. The van der Waals surface area contributed by atoms with Crippen molar-refractivity contribution in [3.8, 4) is 0 Å². The van der Waals surface area contributed by atoms with E-state index in [2.05, 4.69) is 19.2 Å². The second-order valence-electron chi connectivity index (χ2n) is 7.84. The van der Waals surface area contributed by atoms with Crippen molar-refractivity contribution in [2.75, 3.05) is 24.3 Å². The van der Waals surface area contributed by atoms with E-state index >= 15 is 0 Å². The van der Waals surface area contributed by atoms with Crippen LogP contribution in [0.25, 0.3) is 0 Å². The lowest BCUT2D eigenvalue weighted by atomic mass is 10.1. The van der Waals surface area contributed by atoms with Crippen molar-refractivity contribution in [3.05, 3.63) is 81.0 Å². The minimum Gasteiger partial charge on any atom is -0.377 e. The van der Waals surface area contributed by atoms with Crippen LogP contribution in [0.2, 0.25) is 5.02 Å². The first-order valence-electron chi connectivity index (χ1n) is 10.5. The maximum Gasteiger partial charge on any atom is 0.264 e. The highest BCUT2D eigenvalue weighted by Crippen LogP contribution is 2.28. The first-order chi connectivity index (χ1) is 15.3. The molecule has 7 heteroatoms. The fourth-order valence-electron chi connectivity index (χ4n) is 3.44. The van der Waals surface area contributed by atoms with E-state index in [0.29, 0.717) is 22.8 Å². The van der Waals surface area contributed by atoms with Crippen LogP contribution in [0, 0.1) is 0 Å². The summed E-state index contributed by atoms with van der Waals surface area (Å²) in [4.78, 5) is 30.6. The number of halogens is 1. The Balaban J connectivity index is 1.92. The van der Waals surface area contributed by atoms with Crippen molar-refractivity contribution < 1.29 is 9.59 Å². The Kier molecular flexibility index (Phi) is 7.94. The van der Waals surface area contributed by atoms with Crippen molar-refractivity contribution in [2.24, 2.45) is 0 Å². The third-order valence-corrected chi connectivity index (χ3v) is 6.58. The minimum absolute atomic E-state index is 0.0181. The minimum atomic E-state index is -0.271. The Morgan fingerprint density at radius 3 is 2.47 bits per heavy atom. The first kappa shape index (κ1) is 23.8. The van der Waals surface area contributed by atoms with Gasteiger partial charge in [0.15, 0.2) is 0 Å². The molecule has 1 aromatic heterocycles. The molecule has 168 valence electrons. The molecule has 0 spiro atoms. The number of hydrogen-bond donors (Lipinski definition) is 1. The third-order valence-electron chi connectivity index (χ3n) is 5.39. The van der Waals surface area contributed by atoms with E-state index in [-0.39, 0.29) is 17.9 Å². The number of thiophene rings is 1. The van der Waals surface area contributed by atoms with Gasteiger partial charge in [-0.15, -0.1) is 11.3 Å². The van der Waals surface area contributed by atoms with E-state index in [0.717, 1.165) is 22.5 Å². The van der Waals surface area contributed by atoms with Crippen LogP contribution < -0.4 is 10.2 Å². The Labute approximate surface area is 198 Å². The van der Waals surface area contributed by atoms with Gasteiger partial charge in [0, 0.05) is 38.1 Å². The van der Waals surface area contributed by atoms with Gasteiger partial charge in [0.1, 0.15) is 0 Å². The number of anilines is 2. The van der Waals surface area contributed by atoms with Crippen LogP contribution in [0.4, 0.5) is 11.4 Å². The summed E-state index contributed by atoms with van der Waals surface area (Å²) >= 11 is 7.62. The predicted octanol–water partition coefficient (Wildman–Crippen LogP) is 6.16. The molecule has 1 heterocycles. The third kappa shape index (κ3) is 5.50. The molecular weight excluding hydrogens is 442 g/mol. The van der Waals surface area contributed by atoms with Crippen LogP contribution in [0.1, 0.15) is 45.9 Å². The second kappa shape index (κ2) is 10.7. The molecule has 0 aliphatic rings. The molecule has 3 rings (SSSR count). The number of rotatable bonds is 8. The first-order valence-corrected chi connectivity index (χ1v) is 11.8. The zero-order chi connectivity index (χ0) is 23.3. The summed E-state index contributed by atoms with van der Waals surface area (Å²) in [7, 11) is 3.94. The highest BCUT2D eigenvalue weighted by Gasteiger charge is 2.23. The summed E-state index contributed by atoms with van der Waals surface area (Å²) in [5.74, 6) is -0.253. The Hall–Kier alpha value is -2.83. The lowest BCUT2D eigenvalue weighted by Crippen LogP contribution is -2.37. The molecule has 1 atom stereocenters. The molecule has 0 unspecified atom stereocenters. The average molecular weight is 470 g/mol. The van der Waals surface area contributed by atoms with Crippen LogP contribution in [0.15, 0.2) is 60.0 Å². The number of hydrogen-bond acceptors (Lipinski definition) is 4. The van der Waals surface area contributed by atoms with Crippen LogP contribution >= 0.6 is 22.9 Å². The topological polar surface area (TPSA) is 52.7 Å². The van der Waals surface area contributed by atoms with Crippen LogP contribution in [0.5, 0.6) is 0 Å². The molecule has 5 nitrogen and oxygen atoms in total. The van der Waals surface area contributed by atoms with Gasteiger partial charge in [-0.05, 0) is 60.7 Å². The maximum atomic E-state index is 13.2. The smallest absolute Gasteiger partial charge is 0.264 e. The summed E-state index contributed by atoms with van der Waals surface area (Å²) in [5.41, 5.74) is 3.02. The highest BCUT2D eigenvalue weighted by atomic mass is 35.5. The van der Waals surface area contributed by atoms with Crippen molar-refractivity contribution in [1.82, 2.24) is 4.90 Å². The van der Waals surface area contributed by atoms with Crippen LogP contribution in [0.3, 0.4) is 0 Å². The molecule has 0 aliphatic heterocycles. The Morgan fingerprint density at radius 1 is 1.09 bits per heavy atom. The Morgan fingerprint density at radius 2 is 1.84 bits per heavy atom. The molecule has 2 aromatic carbocycles. The zero-order valence-corrected chi connectivity index (χ0v) is 20.3. The second-order valence-corrected chi connectivity index (χ2v) is 9.19. The number of amides is 2. The van der Waals surface area contributed by atoms with Crippen LogP contribution in [-0.2, 0) is 6.54 Å². The molecule has 1 N–H and O–H groups in total. The maximum absolute atomic E-state index is 13.2. The zero-order valence-electron chi connectivity index (χ0n) is 18.8. The lowest BCUT2D eigenvalue weighted by Gasteiger charge is -2.30. The van der Waals surface area contributed by atoms with Gasteiger partial charge < -0.3 is 15.1 Å². The summed E-state index contributed by atoms with van der Waals surface area (Å²) in [6, 6.07) is 16.5. The van der Waals surface area contributed by atoms with Gasteiger partial charge in [-0.25, -0.2) is 0 Å². The SMILES string of the molecule is CC[C@@H](C)N(Cc1cc(NC(=O)c2ccccc2Cl)ccc1N(C)C)C(=O)c1cccs1. The average Bonchev–Trinajstić information content (AvgIpc) is 3.31. The largest absolute Gasteiger partial charge is 0.377 e. The monoisotopic (exact) mass is 469 g/mol. The molecule has 3 aromatic rings. The number of benzene rings is 2. The summed E-state index contributed by atoms with van der Waals surface area (Å²) in [5, 5.41) is 5.25. The standard InChI is InChI=1S/C25H28ClN3O2S/c1-5-17(2)29(25(31)23-11-8-14-32-23)16-18-15-19(12-13-22(18)28(3)4)27-24(30)20-9-6-7-10-21(20)26/h6-15,17H,5,16H2,1-4H3,(H,27,30)/t17-/m1/s1. The van der Waals surface area contributed by atoms with E-state index in [1.165, 1.54) is 11.3 Å². The van der Waals surface area contributed by atoms with Gasteiger partial charge in [0.25, 0.3) is 11.8 Å². The van der Waals surface area contributed by atoms with Gasteiger partial charge in [-0.1, -0.05) is 36.7 Å². The van der Waals surface area contributed by atoms with Crippen LogP contribution in [-0.4, -0.2) is 36.9 Å². The number of nitrogens with zero attached hydrogens (tertiary/aromatic N) is 2. The summed E-state index contributed by atoms with van der Waals surface area (Å²) in [6.07, 6.45) is 0.845. The van der Waals surface area contributed by atoms with Crippen molar-refractivity contribution in [3.63, 3.8) is 0 Å². The molecule has 32 heavy (non-hydrogen) atoms. The van der Waals surface area contributed by atoms with Gasteiger partial charge >= 0.3 is 0 Å². The van der Waals surface area contributed by atoms with E-state index in [9.17, 15) is 9.59 Å². The van der Waals surface area contributed by atoms with E-state index in [1.54, 1.807) is 24.3 Å². The number of nitrogens with one attached hydrogen (secondary N) is 1. The molecule has 0 saturated carbocycles. The van der Waals surface area contributed by atoms with E-state index in [4.69, 9.17) is 11.6 Å². The van der Waals surface area contributed by atoms with Gasteiger partial charge in [0.2, 0.25) is 0 Å². The van der Waals surface area contributed by atoms with Gasteiger partial charge in [-0.3, -0.25) is 9.59 Å². The quantitative estimate of drug-likeness (QED) is 0.429. The molecule has 0 bridgehead atoms. The fourth-order valence-corrected chi connectivity index (χ4v) is 4.34. The summed E-state index contributed by atoms with van der Waals surface area (Å²) < 4.78 is 0. The lowest BCUT2D eigenvalue weighted by molar-refractivity contribution is 0.0676. The molecule has 2 amide bonds. The molecule has 0 saturated heterocycles. The normalized spacial score (nSPS) is 11.7. The number of carbonyl (C=O) groups is 2.